The number of aromatic amines is 1. The van der Waals surface area contributed by atoms with Crippen LogP contribution in [0.2, 0.25) is 0 Å². The summed E-state index contributed by atoms with van der Waals surface area (Å²) in [5.74, 6) is -0.273. The number of hydrogen-bond donors (Lipinski definition) is 2. The van der Waals surface area contributed by atoms with Crippen molar-refractivity contribution in [2.75, 3.05) is 11.1 Å². The Morgan fingerprint density at radius 3 is 2.84 bits per heavy atom. The quantitative estimate of drug-likeness (QED) is 0.303. The van der Waals surface area contributed by atoms with E-state index in [1.54, 1.807) is 0 Å². The van der Waals surface area contributed by atoms with Crippen LogP contribution in [0.3, 0.4) is 0 Å². The molecule has 1 aromatic carbocycles. The van der Waals surface area contributed by atoms with Crippen molar-refractivity contribution in [3.05, 3.63) is 54.9 Å². The number of hydrogen-bond acceptors (Lipinski definition) is 6. The smallest absolute Gasteiger partial charge is 0.270 e. The summed E-state index contributed by atoms with van der Waals surface area (Å²) in [4.78, 5) is 40.7. The molecule has 0 spiro atoms. The number of benzene rings is 1. The number of carbonyl (C=O) groups is 1. The topological polar surface area (TPSA) is 118 Å². The predicted octanol–water partition coefficient (Wildman–Crippen LogP) is 3.12. The minimum absolute atomic E-state index is 0.0436. The molecule has 0 aliphatic rings. The van der Waals surface area contributed by atoms with Gasteiger partial charge in [0.15, 0.2) is 5.16 Å². The van der Waals surface area contributed by atoms with Crippen LogP contribution >= 0.6 is 27.7 Å². The van der Waals surface area contributed by atoms with E-state index in [9.17, 15) is 19.7 Å². The highest BCUT2D eigenvalue weighted by Gasteiger charge is 2.12. The molecule has 0 saturated heterocycles. The van der Waals surface area contributed by atoms with Gasteiger partial charge >= 0.3 is 0 Å². The van der Waals surface area contributed by atoms with Gasteiger partial charge in [-0.05, 0) is 28.4 Å². The zero-order valence-corrected chi connectivity index (χ0v) is 15.6. The molecule has 0 aliphatic carbocycles. The maximum absolute atomic E-state index is 12.0. The number of carbonyl (C=O) groups excluding carboxylic acids is 1. The summed E-state index contributed by atoms with van der Waals surface area (Å²) in [5.41, 5.74) is 0.790. The van der Waals surface area contributed by atoms with Crippen LogP contribution in [0, 0.1) is 10.1 Å². The molecule has 1 heterocycles. The third-order valence-corrected chi connectivity index (χ3v) is 4.59. The van der Waals surface area contributed by atoms with Crippen molar-refractivity contribution in [2.45, 2.75) is 24.9 Å². The number of aromatic nitrogens is 2. The van der Waals surface area contributed by atoms with Crippen LogP contribution < -0.4 is 10.9 Å². The van der Waals surface area contributed by atoms with Gasteiger partial charge in [0, 0.05) is 28.4 Å². The lowest BCUT2D eigenvalue weighted by atomic mass is 10.2. The fraction of sp³-hybridized carbons (Fsp3) is 0.267. The number of rotatable bonds is 7. The molecule has 0 fully saturated rings. The van der Waals surface area contributed by atoms with E-state index < -0.39 is 4.92 Å². The lowest BCUT2D eigenvalue weighted by Crippen LogP contribution is -2.16. The van der Waals surface area contributed by atoms with Gasteiger partial charge in [0.2, 0.25) is 5.91 Å². The molecule has 10 heteroatoms. The first-order valence-corrected chi connectivity index (χ1v) is 9.13. The van der Waals surface area contributed by atoms with Crippen molar-refractivity contribution < 1.29 is 9.72 Å². The fourth-order valence-electron chi connectivity index (χ4n) is 1.98. The first-order chi connectivity index (χ1) is 11.9. The Bertz CT molecular complexity index is 856. The standard InChI is InChI=1S/C15H15BrN4O4S/c1-2-3-9-6-13(21)19-15(17-9)25-8-14(22)18-12-5-4-10(20(23)24)7-11(12)16/h4-7H,2-3,8H2,1H3,(H,18,22)(H,17,19,21). The number of H-pyrrole nitrogens is 1. The van der Waals surface area contributed by atoms with Gasteiger partial charge in [-0.25, -0.2) is 4.98 Å². The molecule has 0 bridgehead atoms. The van der Waals surface area contributed by atoms with Gasteiger partial charge in [0.05, 0.1) is 16.4 Å². The summed E-state index contributed by atoms with van der Waals surface area (Å²) in [7, 11) is 0. The number of nitrogens with one attached hydrogen (secondary N) is 2. The molecule has 0 atom stereocenters. The van der Waals surface area contributed by atoms with Crippen LogP contribution in [0.15, 0.2) is 38.7 Å². The maximum atomic E-state index is 12.0. The van der Waals surface area contributed by atoms with Crippen molar-refractivity contribution in [3.63, 3.8) is 0 Å². The second-order valence-electron chi connectivity index (χ2n) is 5.05. The highest BCUT2D eigenvalue weighted by Crippen LogP contribution is 2.27. The lowest BCUT2D eigenvalue weighted by Gasteiger charge is -2.07. The number of anilines is 1. The minimum Gasteiger partial charge on any atom is -0.324 e. The van der Waals surface area contributed by atoms with E-state index in [0.717, 1.165) is 18.2 Å². The van der Waals surface area contributed by atoms with Crippen LogP contribution in [0.1, 0.15) is 19.0 Å². The van der Waals surface area contributed by atoms with Crippen LogP contribution in [-0.4, -0.2) is 26.6 Å². The summed E-state index contributed by atoms with van der Waals surface area (Å²) in [6.45, 7) is 1.99. The van der Waals surface area contributed by atoms with Crippen molar-refractivity contribution in [1.29, 1.82) is 0 Å². The number of nitro groups is 1. The lowest BCUT2D eigenvalue weighted by molar-refractivity contribution is -0.384. The molecule has 1 aromatic heterocycles. The minimum atomic E-state index is -0.516. The third-order valence-electron chi connectivity index (χ3n) is 3.06. The number of thioether (sulfide) groups is 1. The van der Waals surface area contributed by atoms with Gasteiger partial charge in [-0.3, -0.25) is 19.7 Å². The first-order valence-electron chi connectivity index (χ1n) is 7.36. The number of halogens is 1. The van der Waals surface area contributed by atoms with Crippen LogP contribution in [-0.2, 0) is 11.2 Å². The van der Waals surface area contributed by atoms with E-state index >= 15 is 0 Å². The average Bonchev–Trinajstić information content (AvgIpc) is 2.54. The molecule has 0 saturated carbocycles. The Balaban J connectivity index is 1.99. The van der Waals surface area contributed by atoms with Crippen LogP contribution in [0.25, 0.3) is 0 Å². The summed E-state index contributed by atoms with van der Waals surface area (Å²) in [5, 5.41) is 13.7. The molecule has 2 aromatic rings. The average molecular weight is 427 g/mol. The molecule has 0 radical (unpaired) electrons. The van der Waals surface area contributed by atoms with Crippen molar-refractivity contribution in [3.8, 4) is 0 Å². The molecule has 1 amide bonds. The zero-order valence-electron chi connectivity index (χ0n) is 13.2. The molecule has 0 aliphatic heterocycles. The van der Waals surface area contributed by atoms with Crippen molar-refractivity contribution in [2.24, 2.45) is 0 Å². The summed E-state index contributed by atoms with van der Waals surface area (Å²) < 4.78 is 0.413. The summed E-state index contributed by atoms with van der Waals surface area (Å²) in [6.07, 6.45) is 1.56. The Morgan fingerprint density at radius 1 is 1.44 bits per heavy atom. The van der Waals surface area contributed by atoms with Gasteiger partial charge in [0.1, 0.15) is 0 Å². The Hall–Kier alpha value is -2.20. The van der Waals surface area contributed by atoms with Gasteiger partial charge in [-0.2, -0.15) is 0 Å². The van der Waals surface area contributed by atoms with E-state index in [1.165, 1.54) is 24.3 Å². The van der Waals surface area contributed by atoms with Crippen LogP contribution in [0.4, 0.5) is 11.4 Å². The van der Waals surface area contributed by atoms with Gasteiger partial charge in [0.25, 0.3) is 11.2 Å². The molecule has 2 N–H and O–H groups in total. The second kappa shape index (κ2) is 8.77. The fourth-order valence-corrected chi connectivity index (χ4v) is 3.14. The highest BCUT2D eigenvalue weighted by atomic mass is 79.9. The molecule has 8 nitrogen and oxygen atoms in total. The van der Waals surface area contributed by atoms with E-state index in [4.69, 9.17) is 0 Å². The van der Waals surface area contributed by atoms with Gasteiger partial charge < -0.3 is 10.3 Å². The molecule has 2 rings (SSSR count). The van der Waals surface area contributed by atoms with E-state index in [2.05, 4.69) is 31.2 Å². The largest absolute Gasteiger partial charge is 0.324 e. The molecule has 132 valence electrons. The molecular weight excluding hydrogens is 412 g/mol. The third kappa shape index (κ3) is 5.68. The molecule has 0 unspecified atom stereocenters. The van der Waals surface area contributed by atoms with Crippen molar-refractivity contribution >= 4 is 45.0 Å². The van der Waals surface area contributed by atoms with E-state index in [1.807, 2.05) is 6.92 Å². The van der Waals surface area contributed by atoms with E-state index in [0.29, 0.717) is 27.4 Å². The Kier molecular flexibility index (Phi) is 6.71. The molecular formula is C15H15BrN4O4S. The summed E-state index contributed by atoms with van der Waals surface area (Å²) in [6, 6.07) is 5.52. The van der Waals surface area contributed by atoms with E-state index in [-0.39, 0.29) is 22.9 Å². The van der Waals surface area contributed by atoms with Gasteiger partial charge in [-0.1, -0.05) is 25.1 Å². The molecule has 25 heavy (non-hydrogen) atoms. The van der Waals surface area contributed by atoms with Crippen molar-refractivity contribution in [1.82, 2.24) is 9.97 Å². The highest BCUT2D eigenvalue weighted by molar-refractivity contribution is 9.10. The number of amides is 1. The number of aryl methyl sites for hydroxylation is 1. The van der Waals surface area contributed by atoms with Crippen LogP contribution in [0.5, 0.6) is 0 Å². The first kappa shape index (κ1) is 19.1. The summed E-state index contributed by atoms with van der Waals surface area (Å²) >= 11 is 4.30. The van der Waals surface area contributed by atoms with Gasteiger partial charge in [-0.15, -0.1) is 0 Å². The predicted molar refractivity (Wildman–Crippen MR) is 99.0 cm³/mol. The Labute approximate surface area is 155 Å². The number of nitro benzene ring substituents is 1. The maximum Gasteiger partial charge on any atom is 0.270 e. The normalized spacial score (nSPS) is 10.5. The second-order valence-corrected chi connectivity index (χ2v) is 6.87. The monoisotopic (exact) mass is 426 g/mol. The SMILES string of the molecule is CCCc1cc(=O)[nH]c(SCC(=O)Nc2ccc([N+](=O)[O-])cc2Br)n1. The Morgan fingerprint density at radius 2 is 2.20 bits per heavy atom. The zero-order chi connectivity index (χ0) is 18.4. The number of non-ortho nitro benzene ring substituents is 1. The number of nitrogens with zero attached hydrogens (tertiary/aromatic N) is 2.